The van der Waals surface area contributed by atoms with E-state index in [2.05, 4.69) is 50.5 Å². The molecule has 0 radical (unpaired) electrons. The summed E-state index contributed by atoms with van der Waals surface area (Å²) >= 11 is 3.85. The van der Waals surface area contributed by atoms with Gasteiger partial charge >= 0.3 is 0 Å². The Hall–Kier alpha value is 0.480. The fourth-order valence-electron chi connectivity index (χ4n) is 2.74. The predicted molar refractivity (Wildman–Crippen MR) is 77.1 cm³/mol. The minimum atomic E-state index is 0.410. The van der Waals surface area contributed by atoms with E-state index in [9.17, 15) is 0 Å². The maximum absolute atomic E-state index is 3.85. The molecule has 4 unspecified atom stereocenters. The van der Waals surface area contributed by atoms with Gasteiger partial charge in [0.2, 0.25) is 0 Å². The second kappa shape index (κ2) is 5.89. The van der Waals surface area contributed by atoms with Crippen LogP contribution < -0.4 is 0 Å². The summed E-state index contributed by atoms with van der Waals surface area (Å²) in [6.07, 6.45) is 7.15. The Balaban J connectivity index is 2.29. The average Bonchev–Trinajstić information content (AvgIpc) is 2.18. The molecule has 0 amide bonds. The molecule has 0 nitrogen and oxygen atoms in total. The highest BCUT2D eigenvalue weighted by atomic mass is 79.9. The SMILES string of the molecule is CC1CCC(CCC(Br)C(C)(C)C)CC1C. The normalized spacial score (nSPS) is 33.8. The molecule has 1 aliphatic rings. The van der Waals surface area contributed by atoms with E-state index in [1.54, 1.807) is 0 Å². The zero-order valence-corrected chi connectivity index (χ0v) is 13.3. The standard InChI is InChI=1S/C15H29Br/c1-11-6-7-13(10-12(11)2)8-9-14(16)15(3,4)5/h11-14H,6-10H2,1-5H3. The highest BCUT2D eigenvalue weighted by Gasteiger charge is 2.27. The van der Waals surface area contributed by atoms with Crippen LogP contribution in [0.25, 0.3) is 0 Å². The molecule has 1 saturated carbocycles. The van der Waals surface area contributed by atoms with E-state index in [4.69, 9.17) is 0 Å². The molecule has 0 N–H and O–H groups in total. The van der Waals surface area contributed by atoms with Gasteiger partial charge in [0.25, 0.3) is 0 Å². The summed E-state index contributed by atoms with van der Waals surface area (Å²) in [5, 5.41) is 0. The van der Waals surface area contributed by atoms with E-state index in [-0.39, 0.29) is 0 Å². The van der Waals surface area contributed by atoms with Gasteiger partial charge < -0.3 is 0 Å². The lowest BCUT2D eigenvalue weighted by Gasteiger charge is -2.33. The van der Waals surface area contributed by atoms with Crippen molar-refractivity contribution in [2.75, 3.05) is 0 Å². The van der Waals surface area contributed by atoms with Crippen LogP contribution >= 0.6 is 15.9 Å². The van der Waals surface area contributed by atoms with Crippen LogP contribution in [0, 0.1) is 23.2 Å². The Bertz CT molecular complexity index is 204. The number of alkyl halides is 1. The zero-order valence-electron chi connectivity index (χ0n) is 11.7. The van der Waals surface area contributed by atoms with Crippen LogP contribution in [0.2, 0.25) is 0 Å². The van der Waals surface area contributed by atoms with E-state index >= 15 is 0 Å². The molecule has 1 fully saturated rings. The van der Waals surface area contributed by atoms with Crippen molar-refractivity contribution < 1.29 is 0 Å². The zero-order chi connectivity index (χ0) is 12.3. The smallest absolute Gasteiger partial charge is 0.0194 e. The van der Waals surface area contributed by atoms with E-state index in [1.807, 2.05) is 0 Å². The molecule has 0 aromatic carbocycles. The van der Waals surface area contributed by atoms with Crippen molar-refractivity contribution in [2.45, 2.75) is 71.5 Å². The van der Waals surface area contributed by atoms with Crippen molar-refractivity contribution in [3.05, 3.63) is 0 Å². The van der Waals surface area contributed by atoms with Gasteiger partial charge in [0, 0.05) is 4.83 Å². The Kier molecular flexibility index (Phi) is 5.35. The van der Waals surface area contributed by atoms with Gasteiger partial charge in [0.1, 0.15) is 0 Å². The van der Waals surface area contributed by atoms with Gasteiger partial charge in [-0.3, -0.25) is 0 Å². The molecule has 4 atom stereocenters. The molecular weight excluding hydrogens is 260 g/mol. The lowest BCUT2D eigenvalue weighted by atomic mass is 9.74. The maximum Gasteiger partial charge on any atom is 0.0194 e. The topological polar surface area (TPSA) is 0 Å². The molecule has 0 saturated heterocycles. The summed E-state index contributed by atoms with van der Waals surface area (Å²) in [6, 6.07) is 0. The first kappa shape index (κ1) is 14.5. The molecule has 16 heavy (non-hydrogen) atoms. The third-order valence-corrected chi connectivity index (χ3v) is 6.31. The molecule has 1 aliphatic carbocycles. The lowest BCUT2D eigenvalue weighted by molar-refractivity contribution is 0.194. The molecule has 1 heteroatoms. The monoisotopic (exact) mass is 288 g/mol. The number of hydrogen-bond donors (Lipinski definition) is 0. The van der Waals surface area contributed by atoms with Crippen LogP contribution in [0.15, 0.2) is 0 Å². The Labute approximate surface area is 111 Å². The fourth-order valence-corrected chi connectivity index (χ4v) is 3.00. The van der Waals surface area contributed by atoms with Crippen molar-refractivity contribution in [3.63, 3.8) is 0 Å². The molecule has 0 spiro atoms. The van der Waals surface area contributed by atoms with Gasteiger partial charge in [-0.1, -0.05) is 63.4 Å². The van der Waals surface area contributed by atoms with Crippen molar-refractivity contribution in [1.82, 2.24) is 0 Å². The van der Waals surface area contributed by atoms with Crippen LogP contribution in [0.4, 0.5) is 0 Å². The first-order valence-electron chi connectivity index (χ1n) is 6.94. The number of rotatable bonds is 3. The average molecular weight is 289 g/mol. The highest BCUT2D eigenvalue weighted by Crippen LogP contribution is 2.38. The molecule has 0 heterocycles. The maximum atomic E-state index is 3.85. The van der Waals surface area contributed by atoms with Crippen molar-refractivity contribution in [2.24, 2.45) is 23.2 Å². The van der Waals surface area contributed by atoms with E-state index < -0.39 is 0 Å². The lowest BCUT2D eigenvalue weighted by Crippen LogP contribution is -2.24. The van der Waals surface area contributed by atoms with Gasteiger partial charge in [-0.25, -0.2) is 0 Å². The molecule has 0 bridgehead atoms. The van der Waals surface area contributed by atoms with E-state index in [0.717, 1.165) is 17.8 Å². The molecule has 96 valence electrons. The third kappa shape index (κ3) is 4.39. The summed E-state index contributed by atoms with van der Waals surface area (Å²) in [5.74, 6) is 2.90. The number of hydrogen-bond acceptors (Lipinski definition) is 0. The highest BCUT2D eigenvalue weighted by molar-refractivity contribution is 9.09. The predicted octanol–water partition coefficient (Wildman–Crippen LogP) is 5.65. The Morgan fingerprint density at radius 3 is 2.25 bits per heavy atom. The molecular formula is C15H29Br. The van der Waals surface area contributed by atoms with Gasteiger partial charge in [-0.2, -0.15) is 0 Å². The molecule has 1 rings (SSSR count). The van der Waals surface area contributed by atoms with Crippen LogP contribution in [0.1, 0.15) is 66.7 Å². The second-order valence-electron chi connectivity index (χ2n) is 7.04. The Morgan fingerprint density at radius 1 is 1.12 bits per heavy atom. The fraction of sp³-hybridized carbons (Fsp3) is 1.00. The summed E-state index contributed by atoms with van der Waals surface area (Å²) in [5.41, 5.74) is 0.410. The van der Waals surface area contributed by atoms with Crippen molar-refractivity contribution in [1.29, 1.82) is 0 Å². The van der Waals surface area contributed by atoms with Gasteiger partial charge in [0.05, 0.1) is 0 Å². The summed E-state index contributed by atoms with van der Waals surface area (Å²) in [6.45, 7) is 11.9. The quantitative estimate of drug-likeness (QED) is 0.589. The van der Waals surface area contributed by atoms with Crippen molar-refractivity contribution in [3.8, 4) is 0 Å². The second-order valence-corrected chi connectivity index (χ2v) is 8.15. The van der Waals surface area contributed by atoms with E-state index in [0.29, 0.717) is 10.2 Å². The van der Waals surface area contributed by atoms with Crippen LogP contribution in [0.5, 0.6) is 0 Å². The minimum Gasteiger partial charge on any atom is -0.0885 e. The first-order chi connectivity index (χ1) is 7.30. The van der Waals surface area contributed by atoms with Crippen LogP contribution in [-0.4, -0.2) is 4.83 Å². The molecule has 0 aromatic heterocycles. The van der Waals surface area contributed by atoms with Crippen LogP contribution in [-0.2, 0) is 0 Å². The third-order valence-electron chi connectivity index (χ3n) is 4.47. The summed E-state index contributed by atoms with van der Waals surface area (Å²) in [4.78, 5) is 0.676. The largest absolute Gasteiger partial charge is 0.0885 e. The summed E-state index contributed by atoms with van der Waals surface area (Å²) < 4.78 is 0. The Morgan fingerprint density at radius 2 is 1.75 bits per heavy atom. The van der Waals surface area contributed by atoms with E-state index in [1.165, 1.54) is 32.1 Å². The molecule has 0 aromatic rings. The summed E-state index contributed by atoms with van der Waals surface area (Å²) in [7, 11) is 0. The van der Waals surface area contributed by atoms with Gasteiger partial charge in [0.15, 0.2) is 0 Å². The first-order valence-corrected chi connectivity index (χ1v) is 7.86. The van der Waals surface area contributed by atoms with Gasteiger partial charge in [-0.15, -0.1) is 0 Å². The molecule has 0 aliphatic heterocycles. The number of halogens is 1. The van der Waals surface area contributed by atoms with Gasteiger partial charge in [-0.05, 0) is 42.4 Å². The van der Waals surface area contributed by atoms with Crippen molar-refractivity contribution >= 4 is 15.9 Å². The van der Waals surface area contributed by atoms with Crippen LogP contribution in [0.3, 0.4) is 0 Å². The minimum absolute atomic E-state index is 0.410.